The van der Waals surface area contributed by atoms with Gasteiger partial charge in [-0.25, -0.2) is 15.0 Å². The number of rotatable bonds is 6. The van der Waals surface area contributed by atoms with Crippen molar-refractivity contribution < 1.29 is 29.9 Å². The number of imidazole rings is 1. The molecule has 3 aromatic rings. The van der Waals surface area contributed by atoms with Gasteiger partial charge in [0.15, 0.2) is 34.7 Å². The predicted octanol–water partition coefficient (Wildman–Crippen LogP) is -0.236. The molecular formula is C18H21N5O6. The zero-order valence-electron chi connectivity index (χ0n) is 15.5. The lowest BCUT2D eigenvalue weighted by Crippen LogP contribution is -2.33. The Balaban J connectivity index is 1.57. The number of aliphatic hydroxyl groups excluding tert-OH is 3. The van der Waals surface area contributed by atoms with E-state index in [9.17, 15) is 20.4 Å². The van der Waals surface area contributed by atoms with E-state index >= 15 is 0 Å². The van der Waals surface area contributed by atoms with Gasteiger partial charge in [-0.3, -0.25) is 4.57 Å². The van der Waals surface area contributed by atoms with Gasteiger partial charge in [-0.05, 0) is 17.7 Å². The highest BCUT2D eigenvalue weighted by Gasteiger charge is 2.44. The van der Waals surface area contributed by atoms with E-state index < -0.39 is 31.1 Å². The van der Waals surface area contributed by atoms with Crippen LogP contribution < -0.4 is 10.1 Å². The minimum atomic E-state index is -1.24. The normalized spacial score (nSPS) is 24.1. The van der Waals surface area contributed by atoms with Crippen molar-refractivity contribution in [2.75, 3.05) is 19.0 Å². The van der Waals surface area contributed by atoms with Crippen LogP contribution in [-0.2, 0) is 11.3 Å². The zero-order chi connectivity index (χ0) is 20.5. The molecule has 1 fully saturated rings. The highest BCUT2D eigenvalue weighted by molar-refractivity contribution is 5.82. The summed E-state index contributed by atoms with van der Waals surface area (Å²) < 4.78 is 12.1. The fraction of sp³-hybridized carbons (Fsp3) is 0.389. The maximum atomic E-state index is 10.3. The molecule has 0 radical (unpaired) electrons. The Hall–Kier alpha value is -2.99. The Morgan fingerprint density at radius 3 is 2.72 bits per heavy atom. The number of methoxy groups -OCH3 is 1. The summed E-state index contributed by atoms with van der Waals surface area (Å²) in [6, 6.07) is 5.06. The summed E-state index contributed by atoms with van der Waals surface area (Å²) in [7, 11) is 1.48. The van der Waals surface area contributed by atoms with Crippen molar-refractivity contribution in [2.24, 2.45) is 0 Å². The molecule has 1 saturated heterocycles. The average Bonchev–Trinajstić information content (AvgIpc) is 3.28. The summed E-state index contributed by atoms with van der Waals surface area (Å²) in [4.78, 5) is 12.7. The topological polar surface area (TPSA) is 155 Å². The number of nitrogens with one attached hydrogen (secondary N) is 1. The van der Waals surface area contributed by atoms with E-state index in [1.807, 2.05) is 6.07 Å². The van der Waals surface area contributed by atoms with Crippen LogP contribution in [0.5, 0.6) is 11.5 Å². The number of aliphatic hydroxyl groups is 3. The van der Waals surface area contributed by atoms with Crippen LogP contribution in [0.15, 0.2) is 30.9 Å². The maximum absolute atomic E-state index is 10.3. The number of phenols is 1. The van der Waals surface area contributed by atoms with E-state index in [0.29, 0.717) is 29.3 Å². The lowest BCUT2D eigenvalue weighted by molar-refractivity contribution is -0.0511. The van der Waals surface area contributed by atoms with Gasteiger partial charge in [0.25, 0.3) is 0 Å². The van der Waals surface area contributed by atoms with E-state index in [0.717, 1.165) is 5.56 Å². The van der Waals surface area contributed by atoms with Crippen molar-refractivity contribution >= 4 is 17.0 Å². The monoisotopic (exact) mass is 403 g/mol. The first-order valence-corrected chi connectivity index (χ1v) is 8.93. The smallest absolute Gasteiger partial charge is 0.167 e. The number of benzene rings is 1. The maximum Gasteiger partial charge on any atom is 0.167 e. The number of aromatic hydroxyl groups is 1. The van der Waals surface area contributed by atoms with Gasteiger partial charge in [0.05, 0.1) is 20.0 Å². The van der Waals surface area contributed by atoms with Crippen LogP contribution in [0.2, 0.25) is 0 Å². The second kappa shape index (κ2) is 7.79. The van der Waals surface area contributed by atoms with Gasteiger partial charge < -0.3 is 35.2 Å². The van der Waals surface area contributed by atoms with Gasteiger partial charge in [0.2, 0.25) is 0 Å². The molecular weight excluding hydrogens is 382 g/mol. The molecule has 0 aliphatic carbocycles. The van der Waals surface area contributed by atoms with Crippen LogP contribution >= 0.6 is 0 Å². The third kappa shape index (κ3) is 3.44. The van der Waals surface area contributed by atoms with Gasteiger partial charge in [0.1, 0.15) is 24.6 Å². The first-order chi connectivity index (χ1) is 14.0. The molecule has 4 rings (SSSR count). The molecule has 11 nitrogen and oxygen atoms in total. The van der Waals surface area contributed by atoms with Gasteiger partial charge in [0, 0.05) is 6.54 Å². The summed E-state index contributed by atoms with van der Waals surface area (Å²) in [5, 5.41) is 42.6. The molecule has 0 unspecified atom stereocenters. The number of aromatic nitrogens is 4. The molecule has 0 spiro atoms. The highest BCUT2D eigenvalue weighted by Crippen LogP contribution is 2.32. The molecule has 5 N–H and O–H groups in total. The molecule has 154 valence electrons. The predicted molar refractivity (Wildman–Crippen MR) is 100 cm³/mol. The Labute approximate surface area is 165 Å². The first-order valence-electron chi connectivity index (χ1n) is 8.93. The van der Waals surface area contributed by atoms with E-state index in [2.05, 4.69) is 20.3 Å². The SMILES string of the molecule is COc1ccc(CNc2ncnc3c2ncn3[C@@H]2O[C@H](CO)[C@@H](O)[C@H]2O)cc1O. The standard InChI is InChI=1S/C18H21N5O6/c1-28-11-3-2-9(4-10(11)25)5-19-16-13-17(21-7-20-16)23(8-22-13)18-15(27)14(26)12(6-24)29-18/h2-4,7-8,12,14-15,18,24-27H,5-6H2,1H3,(H,19,20,21)/t12-,14-,15-,18-/m1/s1. The number of ether oxygens (including phenoxy) is 2. The Morgan fingerprint density at radius 2 is 2.03 bits per heavy atom. The highest BCUT2D eigenvalue weighted by atomic mass is 16.6. The molecule has 3 heterocycles. The third-order valence-corrected chi connectivity index (χ3v) is 4.85. The second-order valence-corrected chi connectivity index (χ2v) is 6.63. The number of nitrogens with zero attached hydrogens (tertiary/aromatic N) is 4. The van der Waals surface area contributed by atoms with Crippen molar-refractivity contribution in [1.82, 2.24) is 19.5 Å². The number of phenolic OH excluding ortho intramolecular Hbond substituents is 1. The summed E-state index contributed by atoms with van der Waals surface area (Å²) in [5.74, 6) is 0.875. The summed E-state index contributed by atoms with van der Waals surface area (Å²) in [6.07, 6.45) is -1.51. The molecule has 0 saturated carbocycles. The van der Waals surface area contributed by atoms with Crippen molar-refractivity contribution in [3.8, 4) is 11.5 Å². The summed E-state index contributed by atoms with van der Waals surface area (Å²) in [5.41, 5.74) is 1.65. The minimum Gasteiger partial charge on any atom is -0.504 e. The minimum absolute atomic E-state index is 0.0354. The fourth-order valence-corrected chi connectivity index (χ4v) is 3.31. The van der Waals surface area contributed by atoms with Crippen molar-refractivity contribution in [3.05, 3.63) is 36.4 Å². The van der Waals surface area contributed by atoms with E-state index in [4.69, 9.17) is 9.47 Å². The van der Waals surface area contributed by atoms with Crippen LogP contribution in [0.1, 0.15) is 11.8 Å². The number of anilines is 1. The van der Waals surface area contributed by atoms with Crippen LogP contribution in [0.3, 0.4) is 0 Å². The third-order valence-electron chi connectivity index (χ3n) is 4.85. The van der Waals surface area contributed by atoms with E-state index in [1.165, 1.54) is 24.3 Å². The number of hydrogen-bond donors (Lipinski definition) is 5. The Morgan fingerprint density at radius 1 is 1.21 bits per heavy atom. The Kier molecular flexibility index (Phi) is 5.20. The molecule has 0 amide bonds. The van der Waals surface area contributed by atoms with Gasteiger partial charge in [-0.1, -0.05) is 6.07 Å². The molecule has 1 aromatic carbocycles. The Bertz CT molecular complexity index is 1010. The van der Waals surface area contributed by atoms with Gasteiger partial charge in [-0.2, -0.15) is 0 Å². The molecule has 1 aliphatic heterocycles. The van der Waals surface area contributed by atoms with Gasteiger partial charge in [-0.15, -0.1) is 0 Å². The van der Waals surface area contributed by atoms with Gasteiger partial charge >= 0.3 is 0 Å². The van der Waals surface area contributed by atoms with Crippen LogP contribution in [-0.4, -0.2) is 72.0 Å². The second-order valence-electron chi connectivity index (χ2n) is 6.63. The average molecular weight is 403 g/mol. The zero-order valence-corrected chi connectivity index (χ0v) is 15.5. The van der Waals surface area contributed by atoms with E-state index in [-0.39, 0.29) is 5.75 Å². The lowest BCUT2D eigenvalue weighted by atomic mass is 10.1. The number of fused-ring (bicyclic) bond motifs is 1. The van der Waals surface area contributed by atoms with Crippen LogP contribution in [0, 0.1) is 0 Å². The summed E-state index contributed by atoms with van der Waals surface area (Å²) in [6.45, 7) is -0.0533. The molecule has 29 heavy (non-hydrogen) atoms. The molecule has 0 bridgehead atoms. The van der Waals surface area contributed by atoms with Crippen molar-refractivity contribution in [2.45, 2.75) is 31.1 Å². The first kappa shape index (κ1) is 19.3. The largest absolute Gasteiger partial charge is 0.504 e. The fourth-order valence-electron chi connectivity index (χ4n) is 3.31. The van der Waals surface area contributed by atoms with E-state index in [1.54, 1.807) is 12.1 Å². The molecule has 4 atom stereocenters. The number of hydrogen-bond acceptors (Lipinski definition) is 10. The molecule has 2 aromatic heterocycles. The van der Waals surface area contributed by atoms with Crippen LogP contribution in [0.25, 0.3) is 11.2 Å². The quantitative estimate of drug-likeness (QED) is 0.372. The van der Waals surface area contributed by atoms with Crippen molar-refractivity contribution in [3.63, 3.8) is 0 Å². The molecule has 11 heteroatoms. The van der Waals surface area contributed by atoms with Crippen molar-refractivity contribution in [1.29, 1.82) is 0 Å². The van der Waals surface area contributed by atoms with Crippen LogP contribution in [0.4, 0.5) is 5.82 Å². The summed E-state index contributed by atoms with van der Waals surface area (Å²) >= 11 is 0. The molecule has 1 aliphatic rings. The lowest BCUT2D eigenvalue weighted by Gasteiger charge is -2.16.